The molecule has 0 bridgehead atoms. The molecule has 0 fully saturated rings. The first kappa shape index (κ1) is 17.5. The SMILES string of the molecule is Cc1ccc(-c2c(CC(=O)O)sc3nc(-c4ccc(C)cc4C)cn23)cc1. The maximum Gasteiger partial charge on any atom is 0.308 e. The van der Waals surface area contributed by atoms with Crippen LogP contribution in [0.2, 0.25) is 0 Å². The summed E-state index contributed by atoms with van der Waals surface area (Å²) in [5.74, 6) is -0.831. The van der Waals surface area contributed by atoms with E-state index in [1.807, 2.05) is 41.8 Å². The van der Waals surface area contributed by atoms with Crippen LogP contribution in [0.25, 0.3) is 27.5 Å². The molecule has 136 valence electrons. The van der Waals surface area contributed by atoms with Crippen molar-refractivity contribution in [3.05, 3.63) is 70.2 Å². The lowest BCUT2D eigenvalue weighted by Gasteiger charge is -2.05. The molecule has 27 heavy (non-hydrogen) atoms. The number of aryl methyl sites for hydroxylation is 3. The second-order valence-corrected chi connectivity index (χ2v) is 7.97. The van der Waals surface area contributed by atoms with Crippen LogP contribution in [-0.4, -0.2) is 20.5 Å². The van der Waals surface area contributed by atoms with Gasteiger partial charge in [0.05, 0.1) is 17.8 Å². The zero-order valence-corrected chi connectivity index (χ0v) is 16.3. The number of carboxylic acids is 1. The number of fused-ring (bicyclic) bond motifs is 1. The van der Waals surface area contributed by atoms with Crippen molar-refractivity contribution in [2.75, 3.05) is 0 Å². The maximum absolute atomic E-state index is 11.3. The molecule has 2 heterocycles. The Morgan fingerprint density at radius 3 is 2.44 bits per heavy atom. The molecule has 1 N–H and O–H groups in total. The van der Waals surface area contributed by atoms with E-state index in [-0.39, 0.29) is 6.42 Å². The normalized spacial score (nSPS) is 11.2. The van der Waals surface area contributed by atoms with Crippen LogP contribution in [0, 0.1) is 20.8 Å². The molecule has 0 aliphatic heterocycles. The van der Waals surface area contributed by atoms with Gasteiger partial charge in [-0.2, -0.15) is 0 Å². The lowest BCUT2D eigenvalue weighted by Crippen LogP contribution is -2.00. The molecule has 4 aromatic rings. The second kappa shape index (κ2) is 6.67. The van der Waals surface area contributed by atoms with Gasteiger partial charge in [0.1, 0.15) is 0 Å². The third kappa shape index (κ3) is 3.26. The monoisotopic (exact) mass is 376 g/mol. The molecule has 0 aliphatic rings. The predicted molar refractivity (Wildman–Crippen MR) is 109 cm³/mol. The fourth-order valence-electron chi connectivity index (χ4n) is 3.39. The molecule has 0 unspecified atom stereocenters. The molecule has 0 saturated heterocycles. The highest BCUT2D eigenvalue weighted by molar-refractivity contribution is 7.17. The second-order valence-electron chi connectivity index (χ2n) is 6.91. The predicted octanol–water partition coefficient (Wildman–Crippen LogP) is 5.28. The topological polar surface area (TPSA) is 54.6 Å². The summed E-state index contributed by atoms with van der Waals surface area (Å²) in [6.07, 6.45) is 2.01. The standard InChI is InChI=1S/C22H20N2O2S/c1-13-4-7-16(8-5-13)21-19(11-20(25)26)27-22-23-18(12-24(21)22)17-9-6-14(2)10-15(17)3/h4-10,12H,11H2,1-3H3,(H,25,26). The van der Waals surface area contributed by atoms with Crippen molar-refractivity contribution in [3.63, 3.8) is 0 Å². The van der Waals surface area contributed by atoms with Gasteiger partial charge in [0.25, 0.3) is 0 Å². The minimum Gasteiger partial charge on any atom is -0.481 e. The number of carboxylic acid groups (broad SMARTS) is 1. The maximum atomic E-state index is 11.3. The number of aromatic nitrogens is 2. The molecule has 2 aromatic heterocycles. The molecule has 4 rings (SSSR count). The summed E-state index contributed by atoms with van der Waals surface area (Å²) >= 11 is 1.45. The average molecular weight is 376 g/mol. The largest absolute Gasteiger partial charge is 0.481 e. The first-order valence-corrected chi connectivity index (χ1v) is 9.61. The number of carbonyl (C=O) groups is 1. The van der Waals surface area contributed by atoms with E-state index in [1.54, 1.807) is 0 Å². The van der Waals surface area contributed by atoms with Gasteiger partial charge in [-0.05, 0) is 31.9 Å². The van der Waals surface area contributed by atoms with Crippen LogP contribution in [0.1, 0.15) is 21.6 Å². The Morgan fingerprint density at radius 1 is 1.07 bits per heavy atom. The van der Waals surface area contributed by atoms with Crippen LogP contribution in [0.4, 0.5) is 0 Å². The molecule has 5 heteroatoms. The number of hydrogen-bond donors (Lipinski definition) is 1. The molecular weight excluding hydrogens is 356 g/mol. The summed E-state index contributed by atoms with van der Waals surface area (Å²) in [7, 11) is 0. The summed E-state index contributed by atoms with van der Waals surface area (Å²) in [6, 6.07) is 14.5. The number of hydrogen-bond acceptors (Lipinski definition) is 3. The van der Waals surface area contributed by atoms with Gasteiger partial charge >= 0.3 is 5.97 Å². The summed E-state index contributed by atoms with van der Waals surface area (Å²) in [5, 5.41) is 9.32. The smallest absolute Gasteiger partial charge is 0.308 e. The number of rotatable bonds is 4. The molecule has 0 spiro atoms. The molecule has 0 amide bonds. The summed E-state index contributed by atoms with van der Waals surface area (Å²) in [5.41, 5.74) is 7.52. The number of thiazole rings is 1. The van der Waals surface area contributed by atoms with E-state index < -0.39 is 5.97 Å². The van der Waals surface area contributed by atoms with Crippen molar-refractivity contribution in [2.24, 2.45) is 0 Å². The summed E-state index contributed by atoms with van der Waals surface area (Å²) < 4.78 is 2.03. The van der Waals surface area contributed by atoms with Gasteiger partial charge < -0.3 is 5.11 Å². The van der Waals surface area contributed by atoms with E-state index in [2.05, 4.69) is 32.0 Å². The fraction of sp³-hybridized carbons (Fsp3) is 0.182. The summed E-state index contributed by atoms with van der Waals surface area (Å²) in [6.45, 7) is 6.21. The van der Waals surface area contributed by atoms with Crippen molar-refractivity contribution >= 4 is 22.3 Å². The Morgan fingerprint density at radius 2 is 1.78 bits per heavy atom. The van der Waals surface area contributed by atoms with Crippen molar-refractivity contribution in [1.82, 2.24) is 9.38 Å². The molecular formula is C22H20N2O2S. The average Bonchev–Trinajstić information content (AvgIpc) is 3.12. The van der Waals surface area contributed by atoms with Gasteiger partial charge in [-0.1, -0.05) is 53.6 Å². The highest BCUT2D eigenvalue weighted by atomic mass is 32.1. The minimum atomic E-state index is -0.831. The van der Waals surface area contributed by atoms with Crippen molar-refractivity contribution in [2.45, 2.75) is 27.2 Å². The number of nitrogens with zero attached hydrogens (tertiary/aromatic N) is 2. The minimum absolute atomic E-state index is 0.00384. The van der Waals surface area contributed by atoms with Gasteiger partial charge in [-0.25, -0.2) is 4.98 Å². The Labute approximate surface area is 161 Å². The number of aliphatic carboxylic acids is 1. The molecule has 0 radical (unpaired) electrons. The molecule has 0 saturated carbocycles. The summed E-state index contributed by atoms with van der Waals surface area (Å²) in [4.78, 5) is 17.8. The van der Waals surface area contributed by atoms with E-state index >= 15 is 0 Å². The van der Waals surface area contributed by atoms with Gasteiger partial charge in [-0.3, -0.25) is 9.20 Å². The van der Waals surface area contributed by atoms with Crippen LogP contribution < -0.4 is 0 Å². The van der Waals surface area contributed by atoms with Crippen molar-refractivity contribution < 1.29 is 9.90 Å². The van der Waals surface area contributed by atoms with Gasteiger partial charge in [0, 0.05) is 16.6 Å². The van der Waals surface area contributed by atoms with Crippen LogP contribution in [0.3, 0.4) is 0 Å². The third-order valence-electron chi connectivity index (χ3n) is 4.69. The van der Waals surface area contributed by atoms with Gasteiger partial charge in [0.15, 0.2) is 4.96 Å². The first-order chi connectivity index (χ1) is 12.9. The Kier molecular flexibility index (Phi) is 4.32. The van der Waals surface area contributed by atoms with Crippen molar-refractivity contribution in [1.29, 1.82) is 0 Å². The number of benzene rings is 2. The van der Waals surface area contributed by atoms with E-state index in [0.717, 1.165) is 32.4 Å². The first-order valence-electron chi connectivity index (χ1n) is 8.79. The fourth-order valence-corrected chi connectivity index (χ4v) is 4.50. The Hall–Kier alpha value is -2.92. The van der Waals surface area contributed by atoms with Gasteiger partial charge in [0.2, 0.25) is 0 Å². The van der Waals surface area contributed by atoms with Crippen LogP contribution in [-0.2, 0) is 11.2 Å². The van der Waals surface area contributed by atoms with E-state index in [9.17, 15) is 9.90 Å². The van der Waals surface area contributed by atoms with Crippen LogP contribution in [0.15, 0.2) is 48.7 Å². The Balaban J connectivity index is 1.91. The third-order valence-corrected chi connectivity index (χ3v) is 5.74. The van der Waals surface area contributed by atoms with E-state index in [4.69, 9.17) is 4.98 Å². The zero-order chi connectivity index (χ0) is 19.1. The van der Waals surface area contributed by atoms with Crippen molar-refractivity contribution in [3.8, 4) is 22.5 Å². The lowest BCUT2D eigenvalue weighted by molar-refractivity contribution is -0.136. The highest BCUT2D eigenvalue weighted by Gasteiger charge is 2.19. The molecule has 0 atom stereocenters. The van der Waals surface area contributed by atoms with E-state index in [0.29, 0.717) is 0 Å². The quantitative estimate of drug-likeness (QED) is 0.527. The number of imidazole rings is 1. The van der Waals surface area contributed by atoms with Crippen LogP contribution in [0.5, 0.6) is 0 Å². The highest BCUT2D eigenvalue weighted by Crippen LogP contribution is 2.35. The van der Waals surface area contributed by atoms with Gasteiger partial charge in [-0.15, -0.1) is 11.3 Å². The Bertz CT molecular complexity index is 1150. The van der Waals surface area contributed by atoms with Crippen LogP contribution >= 0.6 is 11.3 Å². The lowest BCUT2D eigenvalue weighted by atomic mass is 10.0. The zero-order valence-electron chi connectivity index (χ0n) is 15.5. The molecule has 4 nitrogen and oxygen atoms in total. The molecule has 2 aromatic carbocycles. The molecule has 0 aliphatic carbocycles. The van der Waals surface area contributed by atoms with E-state index in [1.165, 1.54) is 28.0 Å².